The number of hydrogen-bond donors (Lipinski definition) is 1. The van der Waals surface area contributed by atoms with Gasteiger partial charge < -0.3 is 9.84 Å². The van der Waals surface area contributed by atoms with Gasteiger partial charge in [-0.2, -0.15) is 0 Å². The summed E-state index contributed by atoms with van der Waals surface area (Å²) >= 11 is 5.96. The number of halogens is 1. The highest BCUT2D eigenvalue weighted by atomic mass is 35.5. The molecule has 1 aliphatic rings. The SMILES string of the molecule is CCN(C(=O)OCC1c2ccccc2-c2ccccc21)C(C)(Cc1ccc(Cl)cc1)C(=O)O. The smallest absolute Gasteiger partial charge is 0.410 e. The maximum absolute atomic E-state index is 13.2. The number of carbonyl (C=O) groups excluding carboxylic acids is 1. The molecule has 0 saturated heterocycles. The number of likely N-dealkylation sites (N-methyl/N-ethyl adjacent to an activating group) is 1. The molecule has 1 aliphatic carbocycles. The first-order valence-electron chi connectivity index (χ1n) is 11.0. The molecule has 0 saturated carbocycles. The number of hydrogen-bond acceptors (Lipinski definition) is 3. The van der Waals surface area contributed by atoms with E-state index < -0.39 is 17.6 Å². The predicted octanol–water partition coefficient (Wildman–Crippen LogP) is 6.00. The van der Waals surface area contributed by atoms with Gasteiger partial charge in [0.25, 0.3) is 0 Å². The largest absolute Gasteiger partial charge is 0.479 e. The van der Waals surface area contributed by atoms with E-state index in [1.165, 1.54) is 4.90 Å². The molecule has 4 rings (SSSR count). The van der Waals surface area contributed by atoms with Crippen molar-refractivity contribution in [2.24, 2.45) is 0 Å². The Kier molecular flexibility index (Phi) is 6.43. The number of carboxylic acid groups (broad SMARTS) is 1. The fraction of sp³-hybridized carbons (Fsp3) is 0.259. The topological polar surface area (TPSA) is 66.8 Å². The average molecular weight is 464 g/mol. The summed E-state index contributed by atoms with van der Waals surface area (Å²) in [6.07, 6.45) is -0.504. The van der Waals surface area contributed by atoms with Crippen LogP contribution in [0.2, 0.25) is 5.02 Å². The summed E-state index contributed by atoms with van der Waals surface area (Å²) < 4.78 is 5.75. The number of amides is 1. The van der Waals surface area contributed by atoms with Crippen LogP contribution in [0.25, 0.3) is 11.1 Å². The van der Waals surface area contributed by atoms with Gasteiger partial charge in [0.15, 0.2) is 0 Å². The fourth-order valence-electron chi connectivity index (χ4n) is 4.64. The van der Waals surface area contributed by atoms with E-state index in [1.54, 1.807) is 38.1 Å². The van der Waals surface area contributed by atoms with Crippen LogP contribution < -0.4 is 0 Å². The Labute approximate surface area is 198 Å². The molecule has 0 spiro atoms. The molecule has 0 radical (unpaired) electrons. The van der Waals surface area contributed by atoms with Crippen molar-refractivity contribution in [2.45, 2.75) is 31.7 Å². The highest BCUT2D eigenvalue weighted by Crippen LogP contribution is 2.44. The maximum atomic E-state index is 13.2. The van der Waals surface area contributed by atoms with E-state index in [1.807, 2.05) is 36.4 Å². The van der Waals surface area contributed by atoms with Crippen molar-refractivity contribution in [3.8, 4) is 11.1 Å². The standard InChI is InChI=1S/C27H26ClNO4/c1-3-29(27(2,25(30)31)16-18-12-14-19(28)15-13-18)26(32)33-17-24-22-10-6-4-8-20(22)21-9-5-7-11-23(21)24/h4-15,24H,3,16-17H2,1-2H3,(H,30,31). The van der Waals surface area contributed by atoms with Crippen molar-refractivity contribution in [3.63, 3.8) is 0 Å². The normalized spacial score (nSPS) is 14.2. The molecule has 170 valence electrons. The van der Waals surface area contributed by atoms with Crippen LogP contribution in [0.1, 0.15) is 36.5 Å². The molecule has 6 heteroatoms. The molecule has 0 aromatic heterocycles. The summed E-state index contributed by atoms with van der Waals surface area (Å²) in [5, 5.41) is 10.6. The van der Waals surface area contributed by atoms with Gasteiger partial charge >= 0.3 is 12.1 Å². The van der Waals surface area contributed by atoms with E-state index in [0.29, 0.717) is 5.02 Å². The molecule has 5 nitrogen and oxygen atoms in total. The number of carboxylic acids is 1. The van der Waals surface area contributed by atoms with Gasteiger partial charge in [0, 0.05) is 23.9 Å². The van der Waals surface area contributed by atoms with Crippen LogP contribution in [0.3, 0.4) is 0 Å². The van der Waals surface area contributed by atoms with Crippen LogP contribution in [-0.4, -0.2) is 40.8 Å². The molecule has 3 aromatic rings. The summed E-state index contributed by atoms with van der Waals surface area (Å²) in [5.41, 5.74) is 3.80. The second-order valence-electron chi connectivity index (χ2n) is 8.43. The molecule has 3 aromatic carbocycles. The number of aliphatic carboxylic acids is 1. The van der Waals surface area contributed by atoms with Crippen molar-refractivity contribution in [2.75, 3.05) is 13.2 Å². The fourth-order valence-corrected chi connectivity index (χ4v) is 4.76. The third kappa shape index (κ3) is 4.33. The van der Waals surface area contributed by atoms with Gasteiger partial charge in [-0.3, -0.25) is 4.90 Å². The molecule has 0 fully saturated rings. The number of ether oxygens (including phenoxy) is 1. The van der Waals surface area contributed by atoms with Crippen molar-refractivity contribution in [1.82, 2.24) is 4.90 Å². The summed E-state index contributed by atoms with van der Waals surface area (Å²) in [7, 11) is 0. The van der Waals surface area contributed by atoms with Crippen LogP contribution >= 0.6 is 11.6 Å². The number of benzene rings is 3. The van der Waals surface area contributed by atoms with Crippen LogP contribution in [0.5, 0.6) is 0 Å². The molecule has 33 heavy (non-hydrogen) atoms. The van der Waals surface area contributed by atoms with Gasteiger partial charge in [-0.1, -0.05) is 72.3 Å². The van der Waals surface area contributed by atoms with E-state index in [9.17, 15) is 14.7 Å². The molecule has 0 heterocycles. The quantitative estimate of drug-likeness (QED) is 0.467. The zero-order valence-corrected chi connectivity index (χ0v) is 19.4. The highest BCUT2D eigenvalue weighted by molar-refractivity contribution is 6.30. The van der Waals surface area contributed by atoms with Crippen molar-refractivity contribution in [3.05, 3.63) is 94.5 Å². The van der Waals surface area contributed by atoms with Crippen molar-refractivity contribution < 1.29 is 19.4 Å². The number of carbonyl (C=O) groups is 2. The number of fused-ring (bicyclic) bond motifs is 3. The minimum atomic E-state index is -1.47. The average Bonchev–Trinajstić information content (AvgIpc) is 3.13. The van der Waals surface area contributed by atoms with Gasteiger partial charge in [0.1, 0.15) is 12.1 Å². The molecule has 0 bridgehead atoms. The van der Waals surface area contributed by atoms with E-state index in [0.717, 1.165) is 27.8 Å². The first-order valence-corrected chi connectivity index (χ1v) is 11.3. The van der Waals surface area contributed by atoms with Gasteiger partial charge in [-0.05, 0) is 53.8 Å². The third-order valence-electron chi connectivity index (χ3n) is 6.39. The van der Waals surface area contributed by atoms with Gasteiger partial charge in [0.2, 0.25) is 0 Å². The summed E-state index contributed by atoms with van der Waals surface area (Å²) in [6.45, 7) is 3.65. The van der Waals surface area contributed by atoms with Crippen LogP contribution in [0.15, 0.2) is 72.8 Å². The summed E-state index contributed by atoms with van der Waals surface area (Å²) in [4.78, 5) is 26.8. The van der Waals surface area contributed by atoms with Crippen LogP contribution in [0.4, 0.5) is 4.79 Å². The van der Waals surface area contributed by atoms with Crippen LogP contribution in [-0.2, 0) is 16.0 Å². The molecular formula is C27H26ClNO4. The lowest BCUT2D eigenvalue weighted by molar-refractivity contribution is -0.149. The molecule has 1 unspecified atom stereocenters. The Morgan fingerprint density at radius 3 is 2.03 bits per heavy atom. The number of rotatable bonds is 7. The third-order valence-corrected chi connectivity index (χ3v) is 6.64. The highest BCUT2D eigenvalue weighted by Gasteiger charge is 2.43. The Balaban J connectivity index is 1.55. The lowest BCUT2D eigenvalue weighted by Crippen LogP contribution is -2.56. The molecule has 1 amide bonds. The Morgan fingerprint density at radius 2 is 1.52 bits per heavy atom. The minimum Gasteiger partial charge on any atom is -0.479 e. The summed E-state index contributed by atoms with van der Waals surface area (Å²) in [5.74, 6) is -1.18. The van der Waals surface area contributed by atoms with Crippen molar-refractivity contribution in [1.29, 1.82) is 0 Å². The second kappa shape index (κ2) is 9.28. The maximum Gasteiger partial charge on any atom is 0.410 e. The minimum absolute atomic E-state index is 0.0904. The van der Waals surface area contributed by atoms with Gasteiger partial charge in [-0.25, -0.2) is 9.59 Å². The van der Waals surface area contributed by atoms with Gasteiger partial charge in [0.05, 0.1) is 0 Å². The number of nitrogens with zero attached hydrogens (tertiary/aromatic N) is 1. The molecule has 1 atom stereocenters. The Hall–Kier alpha value is -3.31. The van der Waals surface area contributed by atoms with E-state index in [-0.39, 0.29) is 25.5 Å². The Morgan fingerprint density at radius 1 is 0.970 bits per heavy atom. The first kappa shape index (κ1) is 22.9. The predicted molar refractivity (Wildman–Crippen MR) is 129 cm³/mol. The van der Waals surface area contributed by atoms with Crippen LogP contribution in [0, 0.1) is 0 Å². The molecular weight excluding hydrogens is 438 g/mol. The monoisotopic (exact) mass is 463 g/mol. The zero-order chi connectivity index (χ0) is 23.6. The van der Waals surface area contributed by atoms with E-state index in [4.69, 9.17) is 16.3 Å². The lowest BCUT2D eigenvalue weighted by atomic mass is 9.91. The second-order valence-corrected chi connectivity index (χ2v) is 8.87. The van der Waals surface area contributed by atoms with Gasteiger partial charge in [-0.15, -0.1) is 0 Å². The molecule has 1 N–H and O–H groups in total. The van der Waals surface area contributed by atoms with Crippen molar-refractivity contribution >= 4 is 23.7 Å². The summed E-state index contributed by atoms with van der Waals surface area (Å²) in [6, 6.07) is 23.2. The van der Waals surface area contributed by atoms with E-state index >= 15 is 0 Å². The Bertz CT molecular complexity index is 1130. The van der Waals surface area contributed by atoms with E-state index in [2.05, 4.69) is 12.1 Å². The zero-order valence-electron chi connectivity index (χ0n) is 18.6. The first-order chi connectivity index (χ1) is 15.8. The lowest BCUT2D eigenvalue weighted by Gasteiger charge is -2.37. The molecule has 0 aliphatic heterocycles.